The highest BCUT2D eigenvalue weighted by Gasteiger charge is 2.81. The van der Waals surface area contributed by atoms with Gasteiger partial charge in [-0.2, -0.15) is 0 Å². The molecular formula is C32H52O2. The normalized spacial score (nSPS) is 50.7. The quantitative estimate of drug-likeness (QED) is 0.288. The number of hydrogen-bond acceptors (Lipinski definition) is 2. The number of esters is 1. The van der Waals surface area contributed by atoms with Crippen LogP contribution in [-0.4, -0.2) is 12.1 Å². The summed E-state index contributed by atoms with van der Waals surface area (Å²) in [5.41, 5.74) is 3.53. The molecule has 5 rings (SSSR count). The van der Waals surface area contributed by atoms with Crippen LogP contribution in [0.25, 0.3) is 0 Å². The molecule has 11 atom stereocenters. The minimum absolute atomic E-state index is 0.0864. The van der Waals surface area contributed by atoms with Crippen LogP contribution in [0.15, 0.2) is 12.2 Å². The number of ether oxygens (including phenoxy) is 1. The first kappa shape index (κ1) is 24.9. The van der Waals surface area contributed by atoms with Crippen molar-refractivity contribution in [3.8, 4) is 0 Å². The molecule has 0 unspecified atom stereocenters. The molecule has 0 N–H and O–H groups in total. The fraction of sp³-hybridized carbons (Fsp3) is 0.906. The van der Waals surface area contributed by atoms with E-state index in [0.717, 1.165) is 30.1 Å². The molecule has 2 nitrogen and oxygen atoms in total. The Kier molecular flexibility index (Phi) is 5.93. The van der Waals surface area contributed by atoms with E-state index >= 15 is 0 Å². The highest BCUT2D eigenvalue weighted by molar-refractivity contribution is 5.66. The zero-order valence-corrected chi connectivity index (χ0v) is 23.3. The van der Waals surface area contributed by atoms with Gasteiger partial charge in [0.15, 0.2) is 0 Å². The molecule has 0 aliphatic heterocycles. The Balaban J connectivity index is 1.34. The van der Waals surface area contributed by atoms with Crippen molar-refractivity contribution < 1.29 is 9.53 Å². The largest absolute Gasteiger partial charge is 0.462 e. The Morgan fingerprint density at radius 2 is 1.68 bits per heavy atom. The monoisotopic (exact) mass is 468 g/mol. The van der Waals surface area contributed by atoms with Crippen LogP contribution in [0.4, 0.5) is 0 Å². The lowest BCUT2D eigenvalue weighted by atomic mass is 9.43. The minimum Gasteiger partial charge on any atom is -0.462 e. The summed E-state index contributed by atoms with van der Waals surface area (Å²) in [7, 11) is 0. The molecule has 0 aromatic heterocycles. The van der Waals surface area contributed by atoms with Gasteiger partial charge in [0, 0.05) is 6.92 Å². The molecule has 0 aromatic carbocycles. The van der Waals surface area contributed by atoms with Gasteiger partial charge in [-0.1, -0.05) is 46.8 Å². The fourth-order valence-corrected chi connectivity index (χ4v) is 11.3. The zero-order valence-electron chi connectivity index (χ0n) is 23.3. The molecule has 192 valence electrons. The Bertz CT molecular complexity index is 846. The standard InChI is InChI=1S/C32H52O2/c1-20(2)21(3)9-10-22(4)25-13-15-30(8)28-12-11-26-23(5)27(34-24(6)33)14-16-31(26)19-32(28,31)18-17-29(25,30)7/h21-23,25-28H,1,9-19H2,2-8H3/t21-,22-,23+,25-,26-,27+,28+,29-,30+,31-,32+/m1/s1. The van der Waals surface area contributed by atoms with Gasteiger partial charge in [-0.05, 0) is 135 Å². The van der Waals surface area contributed by atoms with Gasteiger partial charge in [0.05, 0.1) is 0 Å². The van der Waals surface area contributed by atoms with Gasteiger partial charge < -0.3 is 4.74 Å². The predicted molar refractivity (Wildman–Crippen MR) is 140 cm³/mol. The van der Waals surface area contributed by atoms with Crippen LogP contribution in [-0.2, 0) is 9.53 Å². The van der Waals surface area contributed by atoms with Crippen LogP contribution < -0.4 is 0 Å². The smallest absolute Gasteiger partial charge is 0.302 e. The topological polar surface area (TPSA) is 26.3 Å². The molecular weight excluding hydrogens is 416 g/mol. The third-order valence-corrected chi connectivity index (χ3v) is 13.6. The Labute approximate surface area is 210 Å². The summed E-state index contributed by atoms with van der Waals surface area (Å²) in [6.07, 6.45) is 15.3. The predicted octanol–water partition coefficient (Wildman–Crippen LogP) is 8.60. The first-order valence-corrected chi connectivity index (χ1v) is 14.7. The molecule has 0 saturated heterocycles. The van der Waals surface area contributed by atoms with E-state index in [1.807, 2.05) is 0 Å². The molecule has 0 heterocycles. The maximum atomic E-state index is 11.7. The summed E-state index contributed by atoms with van der Waals surface area (Å²) >= 11 is 0. The Morgan fingerprint density at radius 1 is 0.941 bits per heavy atom. The van der Waals surface area contributed by atoms with Crippen LogP contribution >= 0.6 is 0 Å². The number of rotatable bonds is 6. The van der Waals surface area contributed by atoms with Crippen LogP contribution in [0.1, 0.15) is 119 Å². The van der Waals surface area contributed by atoms with E-state index < -0.39 is 0 Å². The summed E-state index contributed by atoms with van der Waals surface area (Å²) in [6, 6.07) is 0. The van der Waals surface area contributed by atoms with Crippen LogP contribution in [0.3, 0.4) is 0 Å². The van der Waals surface area contributed by atoms with Gasteiger partial charge in [0.2, 0.25) is 0 Å². The van der Waals surface area contributed by atoms with E-state index in [4.69, 9.17) is 4.74 Å². The van der Waals surface area contributed by atoms with E-state index in [1.54, 1.807) is 6.92 Å². The van der Waals surface area contributed by atoms with Crippen molar-refractivity contribution in [2.24, 2.45) is 57.2 Å². The number of hydrogen-bond donors (Lipinski definition) is 0. The van der Waals surface area contributed by atoms with Crippen LogP contribution in [0.2, 0.25) is 0 Å². The maximum absolute atomic E-state index is 11.7. The second-order valence-electron chi connectivity index (χ2n) is 14.6. The molecule has 5 aliphatic carbocycles. The number of carbonyl (C=O) groups is 1. The van der Waals surface area contributed by atoms with E-state index in [2.05, 4.69) is 48.1 Å². The van der Waals surface area contributed by atoms with Gasteiger partial charge in [0.1, 0.15) is 6.10 Å². The minimum atomic E-state index is -0.0864. The Morgan fingerprint density at radius 3 is 2.35 bits per heavy atom. The lowest BCUT2D eigenvalue weighted by molar-refractivity contribution is -0.165. The first-order chi connectivity index (χ1) is 15.9. The maximum Gasteiger partial charge on any atom is 0.302 e. The second kappa shape index (κ2) is 8.11. The van der Waals surface area contributed by atoms with Crippen molar-refractivity contribution in [1.29, 1.82) is 0 Å². The molecule has 5 fully saturated rings. The molecule has 5 aliphatic rings. The number of fused-ring (bicyclic) bond motifs is 2. The average Bonchev–Trinajstić information content (AvgIpc) is 3.36. The van der Waals surface area contributed by atoms with Crippen molar-refractivity contribution in [3.05, 3.63) is 12.2 Å². The van der Waals surface area contributed by atoms with Crippen molar-refractivity contribution in [1.82, 2.24) is 0 Å². The van der Waals surface area contributed by atoms with Crippen molar-refractivity contribution in [2.75, 3.05) is 0 Å². The molecule has 0 amide bonds. The van der Waals surface area contributed by atoms with Crippen molar-refractivity contribution in [2.45, 2.75) is 125 Å². The van der Waals surface area contributed by atoms with Crippen LogP contribution in [0, 0.1) is 57.2 Å². The number of carbonyl (C=O) groups excluding carboxylic acids is 1. The average molecular weight is 469 g/mol. The summed E-state index contributed by atoms with van der Waals surface area (Å²) in [5.74, 6) is 4.50. The van der Waals surface area contributed by atoms with E-state index in [9.17, 15) is 4.79 Å². The second-order valence-corrected chi connectivity index (χ2v) is 14.6. The van der Waals surface area contributed by atoms with E-state index in [1.165, 1.54) is 69.8 Å². The number of allylic oxidation sites excluding steroid dienone is 1. The molecule has 2 heteroatoms. The molecule has 0 aromatic rings. The fourth-order valence-electron chi connectivity index (χ4n) is 11.3. The highest BCUT2D eigenvalue weighted by Crippen LogP contribution is 2.88. The summed E-state index contributed by atoms with van der Waals surface area (Å²) in [6.45, 7) is 20.8. The third-order valence-electron chi connectivity index (χ3n) is 13.6. The molecule has 2 spiro atoms. The Hall–Kier alpha value is -0.790. The highest BCUT2D eigenvalue weighted by atomic mass is 16.5. The summed E-state index contributed by atoms with van der Waals surface area (Å²) in [4.78, 5) is 11.7. The van der Waals surface area contributed by atoms with Crippen molar-refractivity contribution >= 4 is 5.97 Å². The van der Waals surface area contributed by atoms with Gasteiger partial charge in [-0.25, -0.2) is 0 Å². The first-order valence-electron chi connectivity index (χ1n) is 14.7. The lowest BCUT2D eigenvalue weighted by Gasteiger charge is -2.62. The van der Waals surface area contributed by atoms with E-state index in [-0.39, 0.29) is 12.1 Å². The zero-order chi connectivity index (χ0) is 24.7. The summed E-state index contributed by atoms with van der Waals surface area (Å²) < 4.78 is 5.81. The lowest BCUT2D eigenvalue weighted by Crippen LogP contribution is -2.56. The van der Waals surface area contributed by atoms with Crippen LogP contribution in [0.5, 0.6) is 0 Å². The van der Waals surface area contributed by atoms with Gasteiger partial charge >= 0.3 is 5.97 Å². The van der Waals surface area contributed by atoms with Crippen molar-refractivity contribution in [3.63, 3.8) is 0 Å². The molecule has 0 radical (unpaired) electrons. The molecule has 0 bridgehead atoms. The van der Waals surface area contributed by atoms with Gasteiger partial charge in [-0.3, -0.25) is 4.79 Å². The third kappa shape index (κ3) is 3.21. The SMILES string of the molecule is C=C(C)[C@H](C)CC[C@@H](C)[C@H]1CC[C@@]2(C)[C@@H]3CC[C@@H]4[C@H](C)[C@@H](OC(C)=O)CC[C@@]45C[C@@]35CC[C@]12C. The summed E-state index contributed by atoms with van der Waals surface area (Å²) in [5, 5.41) is 0. The van der Waals surface area contributed by atoms with Gasteiger partial charge in [-0.15, -0.1) is 0 Å². The van der Waals surface area contributed by atoms with Gasteiger partial charge in [0.25, 0.3) is 0 Å². The molecule has 5 saturated carbocycles. The van der Waals surface area contributed by atoms with E-state index in [0.29, 0.717) is 33.5 Å². The molecule has 34 heavy (non-hydrogen) atoms.